The number of carbonyl (C=O) groups excluding carboxylic acids is 1. The van der Waals surface area contributed by atoms with Gasteiger partial charge in [-0.15, -0.1) is 0 Å². The Morgan fingerprint density at radius 1 is 1.12 bits per heavy atom. The highest BCUT2D eigenvalue weighted by molar-refractivity contribution is 7.92. The minimum absolute atomic E-state index is 0.124. The number of esters is 1. The third-order valence-electron chi connectivity index (χ3n) is 3.26. The summed E-state index contributed by atoms with van der Waals surface area (Å²) in [6, 6.07) is 12.5. The van der Waals surface area contributed by atoms with Crippen LogP contribution in [0.5, 0.6) is 0 Å². The first-order valence-corrected chi connectivity index (χ1v) is 8.78. The average molecular weight is 364 g/mol. The first-order valence-electron chi connectivity index (χ1n) is 7.34. The van der Waals surface area contributed by atoms with Crippen LogP contribution in [0.15, 0.2) is 59.5 Å². The van der Waals surface area contributed by atoms with Crippen molar-refractivity contribution < 1.29 is 22.9 Å². The van der Waals surface area contributed by atoms with Crippen molar-refractivity contribution in [3.63, 3.8) is 0 Å². The number of hydrogen-bond donors (Lipinski definition) is 0. The van der Waals surface area contributed by atoms with Crippen molar-refractivity contribution in [3.05, 3.63) is 64.7 Å². The minimum atomic E-state index is -4.10. The number of ether oxygens (including phenoxy) is 1. The van der Waals surface area contributed by atoms with E-state index in [0.29, 0.717) is 0 Å². The highest BCUT2D eigenvalue weighted by Crippen LogP contribution is 2.25. The van der Waals surface area contributed by atoms with Crippen LogP contribution in [0.4, 0.5) is 11.4 Å². The molecule has 8 nitrogen and oxygen atoms in total. The number of non-ortho nitro benzene ring substituents is 1. The van der Waals surface area contributed by atoms with Crippen LogP contribution in [0.3, 0.4) is 0 Å². The van der Waals surface area contributed by atoms with E-state index >= 15 is 0 Å². The van der Waals surface area contributed by atoms with Crippen molar-refractivity contribution in [2.24, 2.45) is 0 Å². The number of rotatable bonds is 7. The molecule has 0 atom stereocenters. The Morgan fingerprint density at radius 2 is 1.72 bits per heavy atom. The van der Waals surface area contributed by atoms with Gasteiger partial charge in [0.2, 0.25) is 0 Å². The maximum atomic E-state index is 12.9. The fourth-order valence-corrected chi connectivity index (χ4v) is 3.51. The van der Waals surface area contributed by atoms with Crippen LogP contribution in [-0.4, -0.2) is 32.5 Å². The molecular weight excluding hydrogens is 348 g/mol. The van der Waals surface area contributed by atoms with Crippen molar-refractivity contribution in [2.75, 3.05) is 17.5 Å². The standard InChI is InChI=1S/C16H16N2O6S/c1-2-24-16(19)12-17(13-6-4-3-5-7-13)25(22,23)15-10-8-14(9-11-15)18(20)21/h3-11H,2,12H2,1H3. The van der Waals surface area contributed by atoms with E-state index in [1.165, 1.54) is 0 Å². The van der Waals surface area contributed by atoms with E-state index in [4.69, 9.17) is 4.74 Å². The first kappa shape index (κ1) is 18.4. The smallest absolute Gasteiger partial charge is 0.326 e. The van der Waals surface area contributed by atoms with E-state index in [0.717, 1.165) is 28.6 Å². The number of para-hydroxylation sites is 1. The molecular formula is C16H16N2O6S. The Labute approximate surface area is 144 Å². The molecule has 0 N–H and O–H groups in total. The summed E-state index contributed by atoms with van der Waals surface area (Å²) >= 11 is 0. The summed E-state index contributed by atoms with van der Waals surface area (Å²) in [5.74, 6) is -0.697. The molecule has 9 heteroatoms. The number of nitrogens with zero attached hydrogens (tertiary/aromatic N) is 2. The molecule has 0 heterocycles. The maximum absolute atomic E-state index is 12.9. The molecule has 0 spiro atoms. The molecule has 0 unspecified atom stereocenters. The zero-order valence-electron chi connectivity index (χ0n) is 13.4. The van der Waals surface area contributed by atoms with Gasteiger partial charge in [0.1, 0.15) is 6.54 Å². The Hall–Kier alpha value is -2.94. The van der Waals surface area contributed by atoms with Crippen LogP contribution in [0.2, 0.25) is 0 Å². The molecule has 0 saturated carbocycles. The number of nitro groups is 1. The molecule has 0 bridgehead atoms. The monoisotopic (exact) mass is 364 g/mol. The van der Waals surface area contributed by atoms with Crippen LogP contribution >= 0.6 is 0 Å². The predicted octanol–water partition coefficient (Wildman–Crippen LogP) is 2.35. The molecule has 0 aliphatic heterocycles. The lowest BCUT2D eigenvalue weighted by Crippen LogP contribution is -2.36. The van der Waals surface area contributed by atoms with Crippen molar-refractivity contribution in [1.82, 2.24) is 0 Å². The number of nitro benzene ring substituents is 1. The van der Waals surface area contributed by atoms with Gasteiger partial charge in [-0.1, -0.05) is 18.2 Å². The van der Waals surface area contributed by atoms with Gasteiger partial charge in [-0.25, -0.2) is 8.42 Å². The predicted molar refractivity (Wildman–Crippen MR) is 90.7 cm³/mol. The van der Waals surface area contributed by atoms with E-state index in [1.54, 1.807) is 37.3 Å². The normalized spacial score (nSPS) is 10.9. The largest absolute Gasteiger partial charge is 0.465 e. The minimum Gasteiger partial charge on any atom is -0.465 e. The van der Waals surface area contributed by atoms with Crippen molar-refractivity contribution in [3.8, 4) is 0 Å². The Kier molecular flexibility index (Phi) is 5.71. The molecule has 0 aliphatic rings. The summed E-state index contributed by atoms with van der Waals surface area (Å²) in [6.07, 6.45) is 0. The second kappa shape index (κ2) is 7.75. The highest BCUT2D eigenvalue weighted by Gasteiger charge is 2.28. The third-order valence-corrected chi connectivity index (χ3v) is 5.05. The number of benzene rings is 2. The molecule has 0 saturated heterocycles. The molecule has 25 heavy (non-hydrogen) atoms. The van der Waals surface area contributed by atoms with Crippen LogP contribution in [0, 0.1) is 10.1 Å². The van der Waals surface area contributed by atoms with Crippen LogP contribution < -0.4 is 4.31 Å². The lowest BCUT2D eigenvalue weighted by atomic mass is 10.3. The number of sulfonamides is 1. The zero-order chi connectivity index (χ0) is 18.4. The summed E-state index contributed by atoms with van der Waals surface area (Å²) in [5, 5.41) is 10.7. The lowest BCUT2D eigenvalue weighted by molar-refractivity contribution is -0.384. The molecule has 0 radical (unpaired) electrons. The molecule has 2 rings (SSSR count). The second-order valence-corrected chi connectivity index (χ2v) is 6.77. The Balaban J connectivity index is 2.43. The fourth-order valence-electron chi connectivity index (χ4n) is 2.10. The second-order valence-electron chi connectivity index (χ2n) is 4.90. The topological polar surface area (TPSA) is 107 Å². The molecule has 0 fully saturated rings. The summed E-state index contributed by atoms with van der Waals surface area (Å²) < 4.78 is 31.6. The van der Waals surface area contributed by atoms with E-state index in [1.807, 2.05) is 0 Å². The SMILES string of the molecule is CCOC(=O)CN(c1ccccc1)S(=O)(=O)c1ccc([N+](=O)[O-])cc1. The van der Waals surface area contributed by atoms with Crippen molar-refractivity contribution in [2.45, 2.75) is 11.8 Å². The van der Waals surface area contributed by atoms with Gasteiger partial charge < -0.3 is 4.74 Å². The van der Waals surface area contributed by atoms with Crippen molar-refractivity contribution >= 4 is 27.4 Å². The quantitative estimate of drug-likeness (QED) is 0.424. The van der Waals surface area contributed by atoms with Crippen molar-refractivity contribution in [1.29, 1.82) is 0 Å². The third kappa shape index (κ3) is 4.32. The van der Waals surface area contributed by atoms with Gasteiger partial charge in [0, 0.05) is 12.1 Å². The van der Waals surface area contributed by atoms with E-state index < -0.39 is 27.5 Å². The number of carbonyl (C=O) groups is 1. The van der Waals surface area contributed by atoms with Gasteiger partial charge in [-0.3, -0.25) is 19.2 Å². The molecule has 0 aromatic heterocycles. The first-order chi connectivity index (χ1) is 11.9. The zero-order valence-corrected chi connectivity index (χ0v) is 14.2. The number of anilines is 1. The summed E-state index contributed by atoms with van der Waals surface area (Å²) in [5.41, 5.74) is 0.0597. The van der Waals surface area contributed by atoms with Gasteiger partial charge in [-0.2, -0.15) is 0 Å². The van der Waals surface area contributed by atoms with Gasteiger partial charge >= 0.3 is 5.97 Å². The molecule has 0 aliphatic carbocycles. The Morgan fingerprint density at radius 3 is 2.24 bits per heavy atom. The van der Waals surface area contributed by atoms with Crippen LogP contribution in [0.25, 0.3) is 0 Å². The molecule has 2 aromatic carbocycles. The lowest BCUT2D eigenvalue weighted by Gasteiger charge is -2.23. The molecule has 132 valence electrons. The number of hydrogen-bond acceptors (Lipinski definition) is 6. The fraction of sp³-hybridized carbons (Fsp3) is 0.188. The molecule has 2 aromatic rings. The van der Waals surface area contributed by atoms with Gasteiger partial charge in [-0.05, 0) is 31.2 Å². The maximum Gasteiger partial charge on any atom is 0.326 e. The van der Waals surface area contributed by atoms with Gasteiger partial charge in [0.15, 0.2) is 0 Å². The van der Waals surface area contributed by atoms with E-state index in [-0.39, 0.29) is 22.9 Å². The highest BCUT2D eigenvalue weighted by atomic mass is 32.2. The van der Waals surface area contributed by atoms with Crippen LogP contribution in [0.1, 0.15) is 6.92 Å². The summed E-state index contributed by atoms with van der Waals surface area (Å²) in [6.45, 7) is 1.24. The van der Waals surface area contributed by atoms with Crippen LogP contribution in [-0.2, 0) is 19.6 Å². The van der Waals surface area contributed by atoms with E-state index in [9.17, 15) is 23.3 Å². The average Bonchev–Trinajstić information content (AvgIpc) is 2.60. The van der Waals surface area contributed by atoms with Gasteiger partial charge in [0.05, 0.1) is 22.1 Å². The van der Waals surface area contributed by atoms with E-state index in [2.05, 4.69) is 0 Å². The summed E-state index contributed by atoms with van der Waals surface area (Å²) in [4.78, 5) is 21.8. The molecule has 0 amide bonds. The van der Waals surface area contributed by atoms with Gasteiger partial charge in [0.25, 0.3) is 15.7 Å². The summed E-state index contributed by atoms with van der Waals surface area (Å²) in [7, 11) is -4.10. The Bertz CT molecular complexity index is 850.